The van der Waals surface area contributed by atoms with E-state index in [1.54, 1.807) is 0 Å². The van der Waals surface area contributed by atoms with Crippen LogP contribution in [0.15, 0.2) is 0 Å². The van der Waals surface area contributed by atoms with Crippen LogP contribution in [0.5, 0.6) is 0 Å². The normalized spacial score (nSPS) is 39.0. The van der Waals surface area contributed by atoms with E-state index in [0.29, 0.717) is 16.7 Å². The van der Waals surface area contributed by atoms with Crippen molar-refractivity contribution in [2.24, 2.45) is 46.3 Å². The van der Waals surface area contributed by atoms with Gasteiger partial charge in [0.2, 0.25) is 0 Å². The largest absolute Gasteiger partial charge is 0.462 e. The van der Waals surface area contributed by atoms with Crippen molar-refractivity contribution in [2.75, 3.05) is 0 Å². The Bertz CT molecular complexity index is 891. The maximum atomic E-state index is 12.9. The van der Waals surface area contributed by atoms with E-state index in [4.69, 9.17) is 4.74 Å². The third kappa shape index (κ3) is 8.34. The Morgan fingerprint density at radius 2 is 1.48 bits per heavy atom. The SMILES string of the molecule is CCCCCCCCCCCCC(=O)O[C@H]1CC[C@]2(C)[C@@H]3CC[C@]4(C)[C@H](CC[C@H]4[C@H](C)CCCC(C)C)[C@H]3C[C@H](Br)[C@@]2(Br)C1. The number of alkyl halides is 2. The van der Waals surface area contributed by atoms with E-state index in [9.17, 15) is 4.79 Å². The molecule has 4 aliphatic carbocycles. The van der Waals surface area contributed by atoms with E-state index in [2.05, 4.69) is 73.4 Å². The smallest absolute Gasteiger partial charge is 0.306 e. The fraction of sp³-hybridized carbons (Fsp3) is 0.975. The van der Waals surface area contributed by atoms with Gasteiger partial charge >= 0.3 is 5.97 Å². The quantitative estimate of drug-likeness (QED) is 0.0843. The summed E-state index contributed by atoms with van der Waals surface area (Å²) in [5, 5.41) is 0. The number of ether oxygens (including phenoxy) is 1. The minimum atomic E-state index is 0.0113. The summed E-state index contributed by atoms with van der Waals surface area (Å²) in [6, 6.07) is 0. The molecule has 4 fully saturated rings. The Labute approximate surface area is 290 Å². The zero-order valence-electron chi connectivity index (χ0n) is 29.7. The summed E-state index contributed by atoms with van der Waals surface area (Å²) in [4.78, 5) is 13.3. The van der Waals surface area contributed by atoms with Crippen LogP contribution >= 0.6 is 31.9 Å². The highest BCUT2D eigenvalue weighted by Gasteiger charge is 2.67. The van der Waals surface area contributed by atoms with E-state index in [-0.39, 0.29) is 21.8 Å². The van der Waals surface area contributed by atoms with E-state index in [1.807, 2.05) is 0 Å². The molecular weight excluding hydrogens is 672 g/mol. The Morgan fingerprint density at radius 1 is 0.818 bits per heavy atom. The van der Waals surface area contributed by atoms with E-state index in [0.717, 1.165) is 54.8 Å². The Hall–Kier alpha value is 0.430. The van der Waals surface area contributed by atoms with Crippen molar-refractivity contribution in [3.63, 3.8) is 0 Å². The predicted molar refractivity (Wildman–Crippen MR) is 196 cm³/mol. The van der Waals surface area contributed by atoms with Crippen molar-refractivity contribution in [1.29, 1.82) is 0 Å². The number of carbonyl (C=O) groups is 1. The summed E-state index contributed by atoms with van der Waals surface area (Å²) >= 11 is 8.70. The molecule has 0 amide bonds. The fourth-order valence-corrected chi connectivity index (χ4v) is 13.5. The van der Waals surface area contributed by atoms with Crippen molar-refractivity contribution in [2.45, 2.75) is 198 Å². The number of fused-ring (bicyclic) bond motifs is 5. The van der Waals surface area contributed by atoms with Crippen LogP contribution in [0.2, 0.25) is 0 Å². The molecule has 0 aromatic rings. The number of carbonyl (C=O) groups excluding carboxylic acids is 1. The molecule has 0 aliphatic heterocycles. The summed E-state index contributed by atoms with van der Waals surface area (Å²) in [6.45, 7) is 14.9. The van der Waals surface area contributed by atoms with E-state index in [1.165, 1.54) is 116 Å². The summed E-state index contributed by atoms with van der Waals surface area (Å²) in [6.07, 6.45) is 28.0. The van der Waals surface area contributed by atoms with Crippen LogP contribution in [-0.4, -0.2) is 21.2 Å². The molecule has 10 atom stereocenters. The zero-order chi connectivity index (χ0) is 32.0. The second-order valence-electron chi connectivity index (χ2n) is 17.2. The van der Waals surface area contributed by atoms with Gasteiger partial charge in [0, 0.05) is 22.0 Å². The highest BCUT2D eigenvalue weighted by Crippen LogP contribution is 2.71. The number of hydrogen-bond acceptors (Lipinski definition) is 2. The van der Waals surface area contributed by atoms with Crippen molar-refractivity contribution in [1.82, 2.24) is 0 Å². The zero-order valence-corrected chi connectivity index (χ0v) is 32.9. The topological polar surface area (TPSA) is 26.3 Å². The maximum Gasteiger partial charge on any atom is 0.306 e. The van der Waals surface area contributed by atoms with Gasteiger partial charge in [-0.3, -0.25) is 4.79 Å². The van der Waals surface area contributed by atoms with Gasteiger partial charge < -0.3 is 4.74 Å². The molecule has 0 saturated heterocycles. The average Bonchev–Trinajstić information content (AvgIpc) is 3.33. The van der Waals surface area contributed by atoms with Gasteiger partial charge in [-0.15, -0.1) is 0 Å². The van der Waals surface area contributed by atoms with Crippen LogP contribution in [0.1, 0.15) is 183 Å². The summed E-state index contributed by atoms with van der Waals surface area (Å²) in [7, 11) is 0. The molecule has 0 aromatic carbocycles. The molecule has 0 bridgehead atoms. The van der Waals surface area contributed by atoms with Gasteiger partial charge in [-0.1, -0.05) is 150 Å². The Morgan fingerprint density at radius 3 is 2.14 bits per heavy atom. The summed E-state index contributed by atoms with van der Waals surface area (Å²) in [5.41, 5.74) is 0.779. The summed E-state index contributed by atoms with van der Waals surface area (Å²) < 4.78 is 6.21. The van der Waals surface area contributed by atoms with Crippen molar-refractivity contribution in [3.05, 3.63) is 0 Å². The Kier molecular flexibility index (Phi) is 14.1. The Balaban J connectivity index is 1.26. The lowest BCUT2D eigenvalue weighted by Crippen LogP contribution is -2.64. The number of unbranched alkanes of at least 4 members (excludes halogenated alkanes) is 9. The molecule has 44 heavy (non-hydrogen) atoms. The molecule has 2 nitrogen and oxygen atoms in total. The first-order valence-corrected chi connectivity index (χ1v) is 21.2. The highest BCUT2D eigenvalue weighted by atomic mass is 79.9. The van der Waals surface area contributed by atoms with Crippen LogP contribution in [0.25, 0.3) is 0 Å². The second kappa shape index (κ2) is 16.7. The molecule has 256 valence electrons. The molecule has 0 spiro atoms. The first kappa shape index (κ1) is 37.3. The minimum Gasteiger partial charge on any atom is -0.462 e. The number of hydrogen-bond donors (Lipinski definition) is 0. The molecule has 0 aromatic heterocycles. The number of esters is 1. The van der Waals surface area contributed by atoms with Crippen molar-refractivity contribution in [3.8, 4) is 0 Å². The standard InChI is InChI=1S/C40H70Br2O2/c1-7-8-9-10-11-12-13-14-15-16-20-37(43)44-31-23-26-39(6)35-24-25-38(5)33(30(4)19-17-18-29(2)3)21-22-34(38)32(35)27-36(41)40(39,42)28-31/h29-36H,7-28H2,1-6H3/t30-,31+,32-,33+,34-,35-,36+,38+,39-,40+/m1/s1. The first-order valence-electron chi connectivity index (χ1n) is 19.5. The van der Waals surface area contributed by atoms with Crippen LogP contribution in [0.4, 0.5) is 0 Å². The number of halogens is 2. The summed E-state index contributed by atoms with van der Waals surface area (Å²) in [5.74, 6) is 5.13. The third-order valence-corrected chi connectivity index (χ3v) is 17.5. The lowest BCUT2D eigenvalue weighted by Gasteiger charge is -2.66. The van der Waals surface area contributed by atoms with E-state index >= 15 is 0 Å². The van der Waals surface area contributed by atoms with Crippen LogP contribution in [0.3, 0.4) is 0 Å². The lowest BCUT2D eigenvalue weighted by atomic mass is 9.44. The molecule has 0 radical (unpaired) electrons. The minimum absolute atomic E-state index is 0.0113. The third-order valence-electron chi connectivity index (χ3n) is 13.9. The van der Waals surface area contributed by atoms with Gasteiger partial charge in [-0.25, -0.2) is 0 Å². The van der Waals surface area contributed by atoms with E-state index < -0.39 is 0 Å². The van der Waals surface area contributed by atoms with Gasteiger partial charge in [0.1, 0.15) is 6.10 Å². The monoisotopic (exact) mass is 740 g/mol. The van der Waals surface area contributed by atoms with Gasteiger partial charge in [0.15, 0.2) is 0 Å². The molecule has 4 rings (SSSR count). The van der Waals surface area contributed by atoms with Gasteiger partial charge in [-0.2, -0.15) is 0 Å². The molecule has 0 unspecified atom stereocenters. The van der Waals surface area contributed by atoms with Gasteiger partial charge in [-0.05, 0) is 97.7 Å². The first-order chi connectivity index (χ1) is 21.0. The molecule has 4 aliphatic rings. The maximum absolute atomic E-state index is 12.9. The lowest BCUT2D eigenvalue weighted by molar-refractivity contribution is -0.158. The predicted octanol–water partition coefficient (Wildman–Crippen LogP) is 13.2. The molecule has 0 heterocycles. The highest BCUT2D eigenvalue weighted by molar-refractivity contribution is 9.12. The van der Waals surface area contributed by atoms with Crippen molar-refractivity contribution >= 4 is 37.8 Å². The molecule has 4 saturated carbocycles. The molecule has 0 N–H and O–H groups in total. The van der Waals surface area contributed by atoms with Crippen LogP contribution < -0.4 is 0 Å². The van der Waals surface area contributed by atoms with Gasteiger partial charge in [0.25, 0.3) is 0 Å². The molecular formula is C40H70Br2O2. The fourth-order valence-electron chi connectivity index (χ4n) is 11.3. The van der Waals surface area contributed by atoms with Crippen LogP contribution in [-0.2, 0) is 9.53 Å². The second-order valence-corrected chi connectivity index (χ2v) is 19.7. The number of rotatable bonds is 17. The average molecular weight is 743 g/mol. The van der Waals surface area contributed by atoms with Gasteiger partial charge in [0.05, 0.1) is 0 Å². The van der Waals surface area contributed by atoms with Crippen LogP contribution in [0, 0.1) is 46.3 Å². The molecule has 4 heteroatoms. The van der Waals surface area contributed by atoms with Crippen molar-refractivity contribution < 1.29 is 9.53 Å².